The highest BCUT2D eigenvalue weighted by atomic mass is 79.9. The molecule has 1 nitrogen and oxygen atoms in total. The maximum atomic E-state index is 13.5. The molecule has 0 N–H and O–H groups in total. The highest BCUT2D eigenvalue weighted by Gasteiger charge is 2.24. The van der Waals surface area contributed by atoms with Crippen molar-refractivity contribution in [2.75, 3.05) is 0 Å². The first-order chi connectivity index (χ1) is 9.90. The van der Waals surface area contributed by atoms with Gasteiger partial charge in [-0.2, -0.15) is 0 Å². The Balaban J connectivity index is 2.11. The minimum absolute atomic E-state index is 0.121. The highest BCUT2D eigenvalue weighted by molar-refractivity contribution is 9.10. The second kappa shape index (κ2) is 6.52. The van der Waals surface area contributed by atoms with Crippen LogP contribution in [-0.2, 0) is 5.41 Å². The number of hydrogen-bond donors (Lipinski definition) is 0. The molecule has 0 radical (unpaired) electrons. The minimum atomic E-state index is -0.272. The van der Waals surface area contributed by atoms with Crippen LogP contribution in [0.3, 0.4) is 0 Å². The van der Waals surface area contributed by atoms with E-state index in [9.17, 15) is 9.18 Å². The SMILES string of the molecule is CC(C)(CCC(=O)c1ccccc1)c1cc(F)ccc1Br. The summed E-state index contributed by atoms with van der Waals surface area (Å²) in [4.78, 5) is 12.2. The van der Waals surface area contributed by atoms with Crippen molar-refractivity contribution in [1.82, 2.24) is 0 Å². The molecule has 0 unspecified atom stereocenters. The molecule has 0 fully saturated rings. The van der Waals surface area contributed by atoms with Crippen molar-refractivity contribution in [3.8, 4) is 0 Å². The molecule has 0 aromatic heterocycles. The first-order valence-corrected chi connectivity index (χ1v) is 7.73. The van der Waals surface area contributed by atoms with Gasteiger partial charge in [-0.3, -0.25) is 4.79 Å². The van der Waals surface area contributed by atoms with E-state index in [-0.39, 0.29) is 17.0 Å². The molecule has 110 valence electrons. The Labute approximate surface area is 133 Å². The van der Waals surface area contributed by atoms with Crippen molar-refractivity contribution in [1.29, 1.82) is 0 Å². The lowest BCUT2D eigenvalue weighted by molar-refractivity contribution is 0.0972. The first kappa shape index (κ1) is 15.9. The smallest absolute Gasteiger partial charge is 0.162 e. The van der Waals surface area contributed by atoms with Crippen LogP contribution in [-0.4, -0.2) is 5.78 Å². The lowest BCUT2D eigenvalue weighted by Gasteiger charge is -2.26. The average molecular weight is 349 g/mol. The van der Waals surface area contributed by atoms with Gasteiger partial charge in [-0.1, -0.05) is 60.1 Å². The normalized spacial score (nSPS) is 11.4. The van der Waals surface area contributed by atoms with Crippen LogP contribution in [0.25, 0.3) is 0 Å². The van der Waals surface area contributed by atoms with E-state index in [0.717, 1.165) is 15.6 Å². The van der Waals surface area contributed by atoms with Crippen molar-refractivity contribution in [3.63, 3.8) is 0 Å². The van der Waals surface area contributed by atoms with E-state index in [2.05, 4.69) is 15.9 Å². The number of halogens is 2. The summed E-state index contributed by atoms with van der Waals surface area (Å²) in [6.45, 7) is 4.07. The van der Waals surface area contributed by atoms with E-state index in [1.165, 1.54) is 12.1 Å². The molecule has 0 amide bonds. The minimum Gasteiger partial charge on any atom is -0.294 e. The second-order valence-electron chi connectivity index (χ2n) is 5.80. The van der Waals surface area contributed by atoms with E-state index in [1.807, 2.05) is 44.2 Å². The Kier molecular flexibility index (Phi) is 4.94. The highest BCUT2D eigenvalue weighted by Crippen LogP contribution is 2.34. The predicted molar refractivity (Wildman–Crippen MR) is 87.1 cm³/mol. The third kappa shape index (κ3) is 4.01. The predicted octanol–water partition coefficient (Wildman–Crippen LogP) is 5.53. The van der Waals surface area contributed by atoms with Gasteiger partial charge >= 0.3 is 0 Å². The van der Waals surface area contributed by atoms with Gasteiger partial charge in [-0.25, -0.2) is 4.39 Å². The Morgan fingerprint density at radius 1 is 1.14 bits per heavy atom. The van der Waals surface area contributed by atoms with Crippen LogP contribution in [0.1, 0.15) is 42.6 Å². The topological polar surface area (TPSA) is 17.1 Å². The molecule has 0 aliphatic rings. The number of hydrogen-bond acceptors (Lipinski definition) is 1. The van der Waals surface area contributed by atoms with Crippen LogP contribution < -0.4 is 0 Å². The van der Waals surface area contributed by atoms with Crippen molar-refractivity contribution in [2.24, 2.45) is 0 Å². The summed E-state index contributed by atoms with van der Waals surface area (Å²) >= 11 is 3.47. The third-order valence-corrected chi connectivity index (χ3v) is 4.42. The fourth-order valence-electron chi connectivity index (χ4n) is 2.35. The van der Waals surface area contributed by atoms with Gasteiger partial charge in [-0.05, 0) is 35.6 Å². The van der Waals surface area contributed by atoms with Gasteiger partial charge < -0.3 is 0 Å². The average Bonchev–Trinajstić information content (AvgIpc) is 2.48. The maximum Gasteiger partial charge on any atom is 0.162 e. The number of carbonyl (C=O) groups is 1. The first-order valence-electron chi connectivity index (χ1n) is 6.94. The van der Waals surface area contributed by atoms with E-state index in [4.69, 9.17) is 0 Å². The van der Waals surface area contributed by atoms with Crippen LogP contribution >= 0.6 is 15.9 Å². The zero-order chi connectivity index (χ0) is 15.5. The molecule has 2 aromatic rings. The van der Waals surface area contributed by atoms with Gasteiger partial charge in [0.25, 0.3) is 0 Å². The van der Waals surface area contributed by atoms with E-state index >= 15 is 0 Å². The number of benzene rings is 2. The lowest BCUT2D eigenvalue weighted by atomic mass is 9.79. The Hall–Kier alpha value is -1.48. The fourth-order valence-corrected chi connectivity index (χ4v) is 3.13. The van der Waals surface area contributed by atoms with Gasteiger partial charge in [0.2, 0.25) is 0 Å². The van der Waals surface area contributed by atoms with E-state index in [0.29, 0.717) is 12.8 Å². The molecule has 0 bridgehead atoms. The molecule has 2 rings (SSSR count). The molecule has 0 aliphatic carbocycles. The molecule has 0 saturated carbocycles. The summed E-state index contributed by atoms with van der Waals surface area (Å²) in [6.07, 6.45) is 1.11. The maximum absolute atomic E-state index is 13.5. The van der Waals surface area contributed by atoms with E-state index in [1.54, 1.807) is 6.07 Å². The quantitative estimate of drug-likeness (QED) is 0.649. The third-order valence-electron chi connectivity index (χ3n) is 3.73. The Morgan fingerprint density at radius 2 is 1.81 bits per heavy atom. The van der Waals surface area contributed by atoms with Crippen LogP contribution in [0.4, 0.5) is 4.39 Å². The summed E-state index contributed by atoms with van der Waals surface area (Å²) in [5.41, 5.74) is 1.35. The molecule has 3 heteroatoms. The summed E-state index contributed by atoms with van der Waals surface area (Å²) in [5, 5.41) is 0. The van der Waals surface area contributed by atoms with E-state index < -0.39 is 0 Å². The zero-order valence-electron chi connectivity index (χ0n) is 12.2. The lowest BCUT2D eigenvalue weighted by Crippen LogP contribution is -2.19. The molecule has 0 aliphatic heterocycles. The van der Waals surface area contributed by atoms with Crippen molar-refractivity contribution in [3.05, 3.63) is 69.9 Å². The van der Waals surface area contributed by atoms with Gasteiger partial charge in [0.1, 0.15) is 5.82 Å². The Morgan fingerprint density at radius 3 is 2.48 bits per heavy atom. The molecule has 21 heavy (non-hydrogen) atoms. The summed E-state index contributed by atoms with van der Waals surface area (Å²) in [5.74, 6) is -0.133. The van der Waals surface area contributed by atoms with Gasteiger partial charge in [0, 0.05) is 16.5 Å². The van der Waals surface area contributed by atoms with Crippen LogP contribution in [0.15, 0.2) is 53.0 Å². The molecular formula is C18H18BrFO. The van der Waals surface area contributed by atoms with Crippen LogP contribution in [0.2, 0.25) is 0 Å². The Bertz CT molecular complexity index is 635. The molecular weight excluding hydrogens is 331 g/mol. The monoisotopic (exact) mass is 348 g/mol. The number of ketones is 1. The number of Topliss-reactive ketones (excluding diaryl/α,β-unsaturated/α-hetero) is 1. The standard InChI is InChI=1S/C18H18BrFO/c1-18(2,15-12-14(20)8-9-16(15)19)11-10-17(21)13-6-4-3-5-7-13/h3-9,12H,10-11H2,1-2H3. The van der Waals surface area contributed by atoms with Crippen molar-refractivity contribution in [2.45, 2.75) is 32.1 Å². The molecule has 0 atom stereocenters. The largest absolute Gasteiger partial charge is 0.294 e. The summed E-state index contributed by atoms with van der Waals surface area (Å²) in [6, 6.07) is 14.0. The molecule has 2 aromatic carbocycles. The van der Waals surface area contributed by atoms with Gasteiger partial charge in [0.05, 0.1) is 0 Å². The zero-order valence-corrected chi connectivity index (χ0v) is 13.8. The van der Waals surface area contributed by atoms with Crippen molar-refractivity contribution < 1.29 is 9.18 Å². The molecule has 0 saturated heterocycles. The van der Waals surface area contributed by atoms with Crippen molar-refractivity contribution >= 4 is 21.7 Å². The molecule has 0 spiro atoms. The van der Waals surface area contributed by atoms with Gasteiger partial charge in [0.15, 0.2) is 5.78 Å². The second-order valence-corrected chi connectivity index (χ2v) is 6.65. The number of carbonyl (C=O) groups excluding carboxylic acids is 1. The van der Waals surface area contributed by atoms with Crippen LogP contribution in [0, 0.1) is 5.82 Å². The summed E-state index contributed by atoms with van der Waals surface area (Å²) in [7, 11) is 0. The fraction of sp³-hybridized carbons (Fsp3) is 0.278. The summed E-state index contributed by atoms with van der Waals surface area (Å²) < 4.78 is 14.3. The molecule has 0 heterocycles. The van der Waals surface area contributed by atoms with Gasteiger partial charge in [-0.15, -0.1) is 0 Å². The number of rotatable bonds is 5. The van der Waals surface area contributed by atoms with Crippen LogP contribution in [0.5, 0.6) is 0 Å².